The fourth-order valence-electron chi connectivity index (χ4n) is 0.926. The summed E-state index contributed by atoms with van der Waals surface area (Å²) in [5.41, 5.74) is -0.344. The number of halogens is 1. The first-order valence-electron chi connectivity index (χ1n) is 3.80. The van der Waals surface area contributed by atoms with Gasteiger partial charge in [0.15, 0.2) is 0 Å². The Balaban J connectivity index is 2.98. The van der Waals surface area contributed by atoms with Crippen LogP contribution < -0.4 is 4.74 Å². The molecular weight excluding hydrogens is 175 g/mol. The van der Waals surface area contributed by atoms with Crippen LogP contribution in [-0.2, 0) is 0 Å². The summed E-state index contributed by atoms with van der Waals surface area (Å²) < 4.78 is 18.0. The number of carbonyl (C=O) groups is 1. The summed E-state index contributed by atoms with van der Waals surface area (Å²) in [4.78, 5) is 10.4. The molecule has 13 heavy (non-hydrogen) atoms. The lowest BCUT2D eigenvalue weighted by Crippen LogP contribution is -2.01. The molecule has 0 fully saturated rings. The molecule has 1 aromatic rings. The quantitative estimate of drug-likeness (QED) is 0.780. The zero-order valence-electron chi connectivity index (χ0n) is 7.08. The van der Waals surface area contributed by atoms with Crippen LogP contribution in [0, 0.1) is 5.82 Å². The van der Waals surface area contributed by atoms with Crippen molar-refractivity contribution in [2.45, 2.75) is 6.92 Å². The average molecular weight is 184 g/mol. The van der Waals surface area contributed by atoms with E-state index in [9.17, 15) is 9.18 Å². The number of hydrogen-bond acceptors (Lipinski definition) is 2. The summed E-state index contributed by atoms with van der Waals surface area (Å²) >= 11 is 0. The number of carboxylic acid groups (broad SMARTS) is 1. The third-order valence-electron chi connectivity index (χ3n) is 1.48. The molecule has 0 amide bonds. The normalized spacial score (nSPS) is 9.69. The highest BCUT2D eigenvalue weighted by atomic mass is 19.1. The van der Waals surface area contributed by atoms with Gasteiger partial charge in [0.1, 0.15) is 11.6 Å². The van der Waals surface area contributed by atoms with E-state index in [1.807, 2.05) is 0 Å². The van der Waals surface area contributed by atoms with Crippen molar-refractivity contribution < 1.29 is 19.0 Å². The van der Waals surface area contributed by atoms with Gasteiger partial charge in [-0.05, 0) is 19.1 Å². The monoisotopic (exact) mass is 184 g/mol. The van der Waals surface area contributed by atoms with Gasteiger partial charge in [0.05, 0.1) is 12.2 Å². The van der Waals surface area contributed by atoms with Gasteiger partial charge in [-0.1, -0.05) is 0 Å². The molecular formula is C9H9FO3. The lowest BCUT2D eigenvalue weighted by molar-refractivity contribution is 0.0692. The van der Waals surface area contributed by atoms with Crippen LogP contribution in [0.4, 0.5) is 4.39 Å². The van der Waals surface area contributed by atoms with Gasteiger partial charge in [-0.3, -0.25) is 0 Å². The second kappa shape index (κ2) is 3.89. The first-order valence-corrected chi connectivity index (χ1v) is 3.80. The predicted molar refractivity (Wildman–Crippen MR) is 44.5 cm³/mol. The molecule has 1 N–H and O–H groups in total. The number of ether oxygens (including phenoxy) is 1. The summed E-state index contributed by atoms with van der Waals surface area (Å²) in [7, 11) is 0. The molecule has 0 atom stereocenters. The summed E-state index contributed by atoms with van der Waals surface area (Å²) in [6.07, 6.45) is 0. The van der Waals surface area contributed by atoms with Crippen molar-refractivity contribution in [1.29, 1.82) is 0 Å². The first-order chi connectivity index (χ1) is 6.15. The minimum absolute atomic E-state index is 0.338. The summed E-state index contributed by atoms with van der Waals surface area (Å²) in [5, 5.41) is 8.51. The molecule has 0 aliphatic carbocycles. The zero-order valence-corrected chi connectivity index (χ0v) is 7.08. The Bertz CT molecular complexity index is 323. The Morgan fingerprint density at radius 3 is 2.77 bits per heavy atom. The van der Waals surface area contributed by atoms with Crippen molar-refractivity contribution >= 4 is 5.97 Å². The van der Waals surface area contributed by atoms with E-state index < -0.39 is 11.8 Å². The lowest BCUT2D eigenvalue weighted by Gasteiger charge is -2.03. The smallest absolute Gasteiger partial charge is 0.338 e. The van der Waals surface area contributed by atoms with Crippen molar-refractivity contribution in [1.82, 2.24) is 0 Å². The molecule has 0 aromatic heterocycles. The van der Waals surface area contributed by atoms with E-state index in [1.54, 1.807) is 6.92 Å². The maximum Gasteiger partial charge on any atom is 0.338 e. The van der Waals surface area contributed by atoms with Gasteiger partial charge < -0.3 is 9.84 Å². The topological polar surface area (TPSA) is 46.5 Å². The number of hydrogen-bond donors (Lipinski definition) is 1. The molecule has 1 aromatic carbocycles. The Labute approximate surface area is 74.8 Å². The number of carboxylic acids is 1. The van der Waals surface area contributed by atoms with E-state index in [0.29, 0.717) is 12.4 Å². The lowest BCUT2D eigenvalue weighted by atomic mass is 10.2. The molecule has 0 saturated carbocycles. The third kappa shape index (κ3) is 2.18. The highest BCUT2D eigenvalue weighted by Crippen LogP contribution is 2.16. The standard InChI is InChI=1S/C9H9FO3/c1-2-13-6-3-4-7(9(11)12)8(10)5-6/h3-5H,2H2,1H3,(H,11,12). The van der Waals surface area contributed by atoms with Gasteiger partial charge in [-0.25, -0.2) is 9.18 Å². The first kappa shape index (κ1) is 9.51. The minimum atomic E-state index is -1.28. The van der Waals surface area contributed by atoms with Gasteiger partial charge in [0.25, 0.3) is 0 Å². The Morgan fingerprint density at radius 2 is 2.31 bits per heavy atom. The van der Waals surface area contributed by atoms with Crippen LogP contribution in [0.5, 0.6) is 5.75 Å². The molecule has 3 nitrogen and oxygen atoms in total. The largest absolute Gasteiger partial charge is 0.494 e. The van der Waals surface area contributed by atoms with E-state index in [-0.39, 0.29) is 5.56 Å². The van der Waals surface area contributed by atoms with Crippen LogP contribution in [0.1, 0.15) is 17.3 Å². The van der Waals surface area contributed by atoms with Gasteiger partial charge in [-0.2, -0.15) is 0 Å². The molecule has 0 bridgehead atoms. The molecule has 1 rings (SSSR count). The number of rotatable bonds is 3. The molecule has 0 aliphatic rings. The van der Waals surface area contributed by atoms with Crippen LogP contribution >= 0.6 is 0 Å². The summed E-state index contributed by atoms with van der Waals surface area (Å²) in [6, 6.07) is 3.67. The molecule has 0 heterocycles. The van der Waals surface area contributed by atoms with Crippen molar-refractivity contribution in [3.8, 4) is 5.75 Å². The molecule has 0 saturated heterocycles. The van der Waals surface area contributed by atoms with Crippen LogP contribution in [0.3, 0.4) is 0 Å². The SMILES string of the molecule is CCOc1ccc(C(=O)O)c(F)c1. The summed E-state index contributed by atoms with van der Waals surface area (Å²) in [5.74, 6) is -1.72. The Morgan fingerprint density at radius 1 is 1.62 bits per heavy atom. The van der Waals surface area contributed by atoms with E-state index in [2.05, 4.69) is 0 Å². The highest BCUT2D eigenvalue weighted by molar-refractivity contribution is 5.88. The molecule has 4 heteroatoms. The maximum atomic E-state index is 13.0. The Kier molecular flexibility index (Phi) is 2.84. The van der Waals surface area contributed by atoms with Gasteiger partial charge >= 0.3 is 5.97 Å². The van der Waals surface area contributed by atoms with Crippen molar-refractivity contribution in [2.24, 2.45) is 0 Å². The zero-order chi connectivity index (χ0) is 9.84. The van der Waals surface area contributed by atoms with Gasteiger partial charge in [-0.15, -0.1) is 0 Å². The average Bonchev–Trinajstić information content (AvgIpc) is 2.04. The van der Waals surface area contributed by atoms with Crippen molar-refractivity contribution in [3.05, 3.63) is 29.6 Å². The second-order valence-corrected chi connectivity index (χ2v) is 2.38. The predicted octanol–water partition coefficient (Wildman–Crippen LogP) is 1.92. The van der Waals surface area contributed by atoms with E-state index in [4.69, 9.17) is 9.84 Å². The summed E-state index contributed by atoms with van der Waals surface area (Å²) in [6.45, 7) is 2.19. The molecule has 0 spiro atoms. The molecule has 70 valence electrons. The van der Waals surface area contributed by atoms with Gasteiger partial charge in [0.2, 0.25) is 0 Å². The number of benzene rings is 1. The molecule has 0 aliphatic heterocycles. The van der Waals surface area contributed by atoms with Crippen molar-refractivity contribution in [3.63, 3.8) is 0 Å². The van der Waals surface area contributed by atoms with E-state index >= 15 is 0 Å². The molecule has 0 unspecified atom stereocenters. The minimum Gasteiger partial charge on any atom is -0.494 e. The number of aromatic carboxylic acids is 1. The van der Waals surface area contributed by atoms with Crippen LogP contribution in [0.25, 0.3) is 0 Å². The van der Waals surface area contributed by atoms with Crippen molar-refractivity contribution in [2.75, 3.05) is 6.61 Å². The van der Waals surface area contributed by atoms with E-state index in [0.717, 1.165) is 6.07 Å². The van der Waals surface area contributed by atoms with Crippen LogP contribution in [0.15, 0.2) is 18.2 Å². The van der Waals surface area contributed by atoms with Gasteiger partial charge in [0, 0.05) is 6.07 Å². The fraction of sp³-hybridized carbons (Fsp3) is 0.222. The fourth-order valence-corrected chi connectivity index (χ4v) is 0.926. The van der Waals surface area contributed by atoms with E-state index in [1.165, 1.54) is 12.1 Å². The van der Waals surface area contributed by atoms with Crippen LogP contribution in [-0.4, -0.2) is 17.7 Å². The Hall–Kier alpha value is -1.58. The second-order valence-electron chi connectivity index (χ2n) is 2.38. The maximum absolute atomic E-state index is 13.0. The molecule has 0 radical (unpaired) electrons. The highest BCUT2D eigenvalue weighted by Gasteiger charge is 2.10. The third-order valence-corrected chi connectivity index (χ3v) is 1.48. The van der Waals surface area contributed by atoms with Crippen LogP contribution in [0.2, 0.25) is 0 Å².